The van der Waals surface area contributed by atoms with Gasteiger partial charge in [-0.1, -0.05) is 0 Å². The number of carbonyl (C=O) groups is 1. The van der Waals surface area contributed by atoms with Crippen molar-refractivity contribution in [3.63, 3.8) is 0 Å². The number of nitrogens with zero attached hydrogens (tertiary/aromatic N) is 1. The van der Waals surface area contributed by atoms with Gasteiger partial charge in [-0.25, -0.2) is 0 Å². The molecule has 0 radical (unpaired) electrons. The largest absolute Gasteiger partial charge is 0.404 e. The monoisotopic (exact) mass is 262 g/mol. The van der Waals surface area contributed by atoms with E-state index < -0.39 is 5.91 Å². The van der Waals surface area contributed by atoms with Crippen molar-refractivity contribution in [2.45, 2.75) is 18.9 Å². The Morgan fingerprint density at radius 3 is 3.00 bits per heavy atom. The van der Waals surface area contributed by atoms with Gasteiger partial charge in [-0.3, -0.25) is 9.79 Å². The highest BCUT2D eigenvalue weighted by atomic mass is 16.5. The first-order valence-corrected chi connectivity index (χ1v) is 6.24. The molecule has 1 aliphatic rings. The lowest BCUT2D eigenvalue weighted by Crippen LogP contribution is -2.24. The van der Waals surface area contributed by atoms with Crippen LogP contribution < -0.4 is 11.5 Å². The van der Waals surface area contributed by atoms with Crippen LogP contribution in [0.15, 0.2) is 35.1 Å². The second kappa shape index (κ2) is 6.19. The number of rotatable bonds is 5. The van der Waals surface area contributed by atoms with Crippen LogP contribution in [0.3, 0.4) is 0 Å². The number of hydrogen-bond acceptors (Lipinski definition) is 4. The van der Waals surface area contributed by atoms with Gasteiger partial charge in [0.25, 0.3) is 5.91 Å². The van der Waals surface area contributed by atoms with Crippen LogP contribution in [0.1, 0.15) is 18.5 Å². The van der Waals surface area contributed by atoms with Gasteiger partial charge in [0.2, 0.25) is 0 Å². The Bertz CT molecular complexity index is 485. The number of ether oxygens (including phenoxy) is 1. The molecule has 2 heterocycles. The molecule has 1 saturated heterocycles. The van der Waals surface area contributed by atoms with Crippen LogP contribution in [0.2, 0.25) is 0 Å². The van der Waals surface area contributed by atoms with Crippen LogP contribution in [0.4, 0.5) is 0 Å². The molecule has 6 nitrogen and oxygen atoms in total. The highest BCUT2D eigenvalue weighted by molar-refractivity contribution is 6.27. The highest BCUT2D eigenvalue weighted by Gasteiger charge is 2.19. The molecule has 1 unspecified atom stereocenters. The van der Waals surface area contributed by atoms with Crippen LogP contribution in [0, 0.1) is 0 Å². The topological polar surface area (TPSA) is 106 Å². The van der Waals surface area contributed by atoms with Crippen LogP contribution in [-0.2, 0) is 9.53 Å². The van der Waals surface area contributed by atoms with E-state index in [9.17, 15) is 4.79 Å². The molecule has 1 aliphatic heterocycles. The van der Waals surface area contributed by atoms with Crippen molar-refractivity contribution in [1.82, 2.24) is 4.98 Å². The fourth-order valence-electron chi connectivity index (χ4n) is 2.05. The maximum absolute atomic E-state index is 11.4. The number of aromatic nitrogens is 1. The van der Waals surface area contributed by atoms with E-state index in [0.717, 1.165) is 19.4 Å². The number of aliphatic imine (C=N–C) groups is 1. The van der Waals surface area contributed by atoms with E-state index in [-0.39, 0.29) is 11.7 Å². The predicted molar refractivity (Wildman–Crippen MR) is 72.6 cm³/mol. The number of hydrogen-bond donors (Lipinski definition) is 3. The summed E-state index contributed by atoms with van der Waals surface area (Å²) in [5, 5.41) is 0. The van der Waals surface area contributed by atoms with Crippen molar-refractivity contribution in [1.29, 1.82) is 0 Å². The minimum atomic E-state index is -0.594. The first-order chi connectivity index (χ1) is 9.22. The molecule has 102 valence electrons. The van der Waals surface area contributed by atoms with Crippen LogP contribution >= 0.6 is 0 Å². The van der Waals surface area contributed by atoms with Crippen LogP contribution in [0.5, 0.6) is 0 Å². The lowest BCUT2D eigenvalue weighted by molar-refractivity contribution is -0.114. The zero-order chi connectivity index (χ0) is 13.7. The fourth-order valence-corrected chi connectivity index (χ4v) is 2.05. The first kappa shape index (κ1) is 13.4. The number of primary amides is 1. The van der Waals surface area contributed by atoms with Crippen LogP contribution in [0.25, 0.3) is 0 Å². The number of aromatic amines is 1. The number of carbonyl (C=O) groups excluding carboxylic acids is 1. The molecule has 6 heteroatoms. The summed E-state index contributed by atoms with van der Waals surface area (Å²) in [6.45, 7) is 1.27. The van der Waals surface area contributed by atoms with E-state index in [2.05, 4.69) is 9.98 Å². The SMILES string of the molecule is NC=C(C(N)=O)C(=NCC1CCCO1)c1ccc[nH]1. The van der Waals surface area contributed by atoms with Crippen molar-refractivity contribution in [2.24, 2.45) is 16.5 Å². The summed E-state index contributed by atoms with van der Waals surface area (Å²) in [6, 6.07) is 3.65. The molecule has 0 saturated carbocycles. The normalized spacial score (nSPS) is 20.7. The Morgan fingerprint density at radius 1 is 1.63 bits per heavy atom. The fraction of sp³-hybridized carbons (Fsp3) is 0.385. The third-order valence-corrected chi connectivity index (χ3v) is 3.02. The standard InChI is InChI=1S/C13H18N4O2/c14-7-10(13(15)18)12(11-4-1-5-16-11)17-8-9-3-2-6-19-9/h1,4-5,7,9,16H,2-3,6,8,14H2,(H2,15,18). The van der Waals surface area contributed by atoms with Crippen LogP contribution in [-0.4, -0.2) is 35.9 Å². The average molecular weight is 262 g/mol. The van der Waals surface area contributed by atoms with Gasteiger partial charge in [0, 0.05) is 19.0 Å². The Labute approximate surface area is 111 Å². The van der Waals surface area contributed by atoms with Crippen molar-refractivity contribution in [2.75, 3.05) is 13.2 Å². The lowest BCUT2D eigenvalue weighted by atomic mass is 10.1. The van der Waals surface area contributed by atoms with E-state index in [1.807, 2.05) is 12.1 Å². The Balaban J connectivity index is 2.23. The van der Waals surface area contributed by atoms with Gasteiger partial charge in [-0.2, -0.15) is 0 Å². The zero-order valence-corrected chi connectivity index (χ0v) is 10.6. The maximum Gasteiger partial charge on any atom is 0.252 e. The minimum absolute atomic E-state index is 0.108. The minimum Gasteiger partial charge on any atom is -0.404 e. The van der Waals surface area contributed by atoms with E-state index >= 15 is 0 Å². The lowest BCUT2D eigenvalue weighted by Gasteiger charge is -2.09. The summed E-state index contributed by atoms with van der Waals surface area (Å²) in [5.74, 6) is -0.594. The van der Waals surface area contributed by atoms with Crippen molar-refractivity contribution >= 4 is 11.6 Å². The molecular weight excluding hydrogens is 244 g/mol. The summed E-state index contributed by atoms with van der Waals surface area (Å²) in [6.07, 6.45) is 5.09. The summed E-state index contributed by atoms with van der Waals surface area (Å²) in [7, 11) is 0. The quantitative estimate of drug-likeness (QED) is 0.525. The highest BCUT2D eigenvalue weighted by Crippen LogP contribution is 2.14. The molecule has 1 atom stereocenters. The number of amides is 1. The molecule has 1 amide bonds. The van der Waals surface area contributed by atoms with E-state index in [1.54, 1.807) is 6.20 Å². The molecule has 2 rings (SSSR count). The molecule has 0 bridgehead atoms. The molecule has 1 fully saturated rings. The number of nitrogens with two attached hydrogens (primary N) is 2. The average Bonchev–Trinajstić information content (AvgIpc) is 3.06. The Morgan fingerprint density at radius 2 is 2.47 bits per heavy atom. The molecule has 19 heavy (non-hydrogen) atoms. The first-order valence-electron chi connectivity index (χ1n) is 6.24. The summed E-state index contributed by atoms with van der Waals surface area (Å²) >= 11 is 0. The summed E-state index contributed by atoms with van der Waals surface area (Å²) < 4.78 is 5.51. The molecule has 1 aromatic rings. The second-order valence-corrected chi connectivity index (χ2v) is 4.35. The van der Waals surface area contributed by atoms with E-state index in [4.69, 9.17) is 16.2 Å². The smallest absolute Gasteiger partial charge is 0.252 e. The van der Waals surface area contributed by atoms with Gasteiger partial charge in [0.1, 0.15) is 0 Å². The van der Waals surface area contributed by atoms with E-state index in [0.29, 0.717) is 18.0 Å². The maximum atomic E-state index is 11.4. The molecular formula is C13H18N4O2. The summed E-state index contributed by atoms with van der Waals surface area (Å²) in [4.78, 5) is 18.9. The third-order valence-electron chi connectivity index (χ3n) is 3.02. The third kappa shape index (κ3) is 3.23. The number of H-pyrrole nitrogens is 1. The molecule has 5 N–H and O–H groups in total. The second-order valence-electron chi connectivity index (χ2n) is 4.35. The summed E-state index contributed by atoms with van der Waals surface area (Å²) in [5.41, 5.74) is 12.2. The zero-order valence-electron chi connectivity index (χ0n) is 10.6. The Hall–Kier alpha value is -2.08. The number of nitrogens with one attached hydrogen (secondary N) is 1. The van der Waals surface area contributed by atoms with E-state index in [1.165, 1.54) is 6.20 Å². The van der Waals surface area contributed by atoms with Gasteiger partial charge >= 0.3 is 0 Å². The van der Waals surface area contributed by atoms with Gasteiger partial charge < -0.3 is 21.2 Å². The molecule has 1 aromatic heterocycles. The van der Waals surface area contributed by atoms with Gasteiger partial charge in [0.05, 0.1) is 29.6 Å². The van der Waals surface area contributed by atoms with Crippen molar-refractivity contribution < 1.29 is 9.53 Å². The van der Waals surface area contributed by atoms with Gasteiger partial charge in [-0.05, 0) is 25.0 Å². The van der Waals surface area contributed by atoms with Crippen molar-refractivity contribution in [3.05, 3.63) is 35.8 Å². The van der Waals surface area contributed by atoms with Gasteiger partial charge in [0.15, 0.2) is 0 Å². The molecule has 0 spiro atoms. The molecule has 0 aromatic carbocycles. The Kier molecular flexibility index (Phi) is 4.35. The predicted octanol–water partition coefficient (Wildman–Crippen LogP) is 0.311. The molecule has 0 aliphatic carbocycles. The van der Waals surface area contributed by atoms with Gasteiger partial charge in [-0.15, -0.1) is 0 Å². The van der Waals surface area contributed by atoms with Crippen molar-refractivity contribution in [3.8, 4) is 0 Å².